The normalized spacial score (nSPS) is 14.6. The summed E-state index contributed by atoms with van der Waals surface area (Å²) in [5.41, 5.74) is 1.78. The molecule has 0 unspecified atom stereocenters. The number of anilines is 2. The fourth-order valence-electron chi connectivity index (χ4n) is 2.63. The van der Waals surface area contributed by atoms with Gasteiger partial charge in [-0.25, -0.2) is 9.78 Å². The zero-order chi connectivity index (χ0) is 17.1. The van der Waals surface area contributed by atoms with E-state index in [0.717, 1.165) is 39.2 Å². The number of amides is 2. The van der Waals surface area contributed by atoms with Gasteiger partial charge in [-0.05, 0) is 53.2 Å². The number of aromatic nitrogens is 1. The van der Waals surface area contributed by atoms with Crippen molar-refractivity contribution >= 4 is 49.4 Å². The molecule has 3 rings (SSSR count). The van der Waals surface area contributed by atoms with Crippen molar-refractivity contribution in [2.75, 3.05) is 36.4 Å². The summed E-state index contributed by atoms with van der Waals surface area (Å²) < 4.78 is 1.82. The summed E-state index contributed by atoms with van der Waals surface area (Å²) >= 11 is 6.88. The number of hydrogen-bond acceptors (Lipinski definition) is 3. The quantitative estimate of drug-likeness (QED) is 0.738. The van der Waals surface area contributed by atoms with Crippen LogP contribution >= 0.6 is 31.9 Å². The third-order valence-corrected chi connectivity index (χ3v) is 5.09. The highest BCUT2D eigenvalue weighted by Gasteiger charge is 2.22. The second-order valence-electron chi connectivity index (χ2n) is 5.67. The summed E-state index contributed by atoms with van der Waals surface area (Å²) in [4.78, 5) is 21.0. The van der Waals surface area contributed by atoms with Crippen LogP contribution in [0, 0.1) is 6.92 Å². The van der Waals surface area contributed by atoms with Gasteiger partial charge in [-0.3, -0.25) is 0 Å². The second kappa shape index (κ2) is 7.53. The fraction of sp³-hybridized carbons (Fsp3) is 0.294. The number of urea groups is 1. The number of nitrogens with one attached hydrogen (secondary N) is 1. The molecule has 1 saturated heterocycles. The maximum Gasteiger partial charge on any atom is 0.321 e. The molecule has 2 heterocycles. The molecule has 1 aliphatic rings. The van der Waals surface area contributed by atoms with Crippen molar-refractivity contribution in [3.63, 3.8) is 0 Å². The molecular weight excluding hydrogens is 436 g/mol. The van der Waals surface area contributed by atoms with Crippen molar-refractivity contribution in [3.8, 4) is 0 Å². The molecule has 126 valence electrons. The van der Waals surface area contributed by atoms with Crippen LogP contribution < -0.4 is 10.2 Å². The Morgan fingerprint density at radius 3 is 2.54 bits per heavy atom. The van der Waals surface area contributed by atoms with Crippen molar-refractivity contribution < 1.29 is 4.79 Å². The van der Waals surface area contributed by atoms with Crippen LogP contribution in [0.15, 0.2) is 45.3 Å². The van der Waals surface area contributed by atoms with E-state index < -0.39 is 0 Å². The predicted octanol–water partition coefficient (Wildman–Crippen LogP) is 4.27. The Morgan fingerprint density at radius 1 is 1.12 bits per heavy atom. The third kappa shape index (κ3) is 4.08. The Kier molecular flexibility index (Phi) is 5.40. The van der Waals surface area contributed by atoms with E-state index in [-0.39, 0.29) is 6.03 Å². The van der Waals surface area contributed by atoms with Crippen LogP contribution in [0.1, 0.15) is 5.69 Å². The topological polar surface area (TPSA) is 48.5 Å². The summed E-state index contributed by atoms with van der Waals surface area (Å²) in [7, 11) is 0. The predicted molar refractivity (Wildman–Crippen MR) is 104 cm³/mol. The molecule has 0 spiro atoms. The van der Waals surface area contributed by atoms with Crippen LogP contribution in [-0.2, 0) is 0 Å². The highest BCUT2D eigenvalue weighted by Crippen LogP contribution is 2.26. The van der Waals surface area contributed by atoms with Gasteiger partial charge in [0.1, 0.15) is 5.82 Å². The Labute approximate surface area is 158 Å². The lowest BCUT2D eigenvalue weighted by Gasteiger charge is -2.35. The molecule has 7 heteroatoms. The number of piperazine rings is 1. The van der Waals surface area contributed by atoms with E-state index >= 15 is 0 Å². The van der Waals surface area contributed by atoms with Crippen molar-refractivity contribution in [2.45, 2.75) is 6.92 Å². The molecule has 5 nitrogen and oxygen atoms in total. The molecule has 0 aliphatic carbocycles. The van der Waals surface area contributed by atoms with E-state index in [1.165, 1.54) is 0 Å². The average Bonchev–Trinajstić information content (AvgIpc) is 2.57. The summed E-state index contributed by atoms with van der Waals surface area (Å²) in [5.74, 6) is 0.978. The monoisotopic (exact) mass is 452 g/mol. The average molecular weight is 454 g/mol. The molecule has 0 radical (unpaired) electrons. The summed E-state index contributed by atoms with van der Waals surface area (Å²) in [6, 6.07) is 11.6. The first-order chi connectivity index (χ1) is 11.5. The molecule has 0 atom stereocenters. The minimum atomic E-state index is -0.0742. The maximum absolute atomic E-state index is 12.5. The van der Waals surface area contributed by atoms with Gasteiger partial charge in [0.15, 0.2) is 0 Å². The molecule has 1 N–H and O–H groups in total. The first-order valence-corrected chi connectivity index (χ1v) is 9.31. The molecular formula is C17H18Br2N4O. The third-order valence-electron chi connectivity index (χ3n) is 3.94. The van der Waals surface area contributed by atoms with Crippen LogP contribution in [0.4, 0.5) is 16.3 Å². The number of benzene rings is 1. The molecule has 0 bridgehead atoms. The van der Waals surface area contributed by atoms with E-state index in [0.29, 0.717) is 13.1 Å². The molecule has 1 aliphatic heterocycles. The van der Waals surface area contributed by atoms with E-state index in [9.17, 15) is 4.79 Å². The number of nitrogens with zero attached hydrogens (tertiary/aromatic N) is 3. The fourth-order valence-corrected chi connectivity index (χ4v) is 3.77. The number of rotatable bonds is 2. The van der Waals surface area contributed by atoms with Gasteiger partial charge in [0, 0.05) is 40.8 Å². The van der Waals surface area contributed by atoms with Gasteiger partial charge in [0.25, 0.3) is 0 Å². The highest BCUT2D eigenvalue weighted by molar-refractivity contribution is 9.11. The van der Waals surface area contributed by atoms with Gasteiger partial charge in [-0.2, -0.15) is 0 Å². The number of halogens is 2. The largest absolute Gasteiger partial charge is 0.353 e. The molecule has 1 fully saturated rings. The van der Waals surface area contributed by atoms with Crippen LogP contribution in [-0.4, -0.2) is 42.1 Å². The molecule has 24 heavy (non-hydrogen) atoms. The smallest absolute Gasteiger partial charge is 0.321 e. The molecule has 0 saturated carbocycles. The minimum absolute atomic E-state index is 0.0742. The van der Waals surface area contributed by atoms with Gasteiger partial charge >= 0.3 is 6.03 Å². The van der Waals surface area contributed by atoms with Crippen LogP contribution in [0.5, 0.6) is 0 Å². The van der Waals surface area contributed by atoms with Crippen molar-refractivity contribution in [1.82, 2.24) is 9.88 Å². The number of pyridine rings is 1. The first-order valence-electron chi connectivity index (χ1n) is 7.72. The lowest BCUT2D eigenvalue weighted by Crippen LogP contribution is -2.50. The Hall–Kier alpha value is -1.60. The Bertz CT molecular complexity index is 745. The van der Waals surface area contributed by atoms with Gasteiger partial charge in [0.05, 0.1) is 5.69 Å². The lowest BCUT2D eigenvalue weighted by atomic mass is 10.3. The van der Waals surface area contributed by atoms with Crippen molar-refractivity contribution in [2.24, 2.45) is 0 Å². The van der Waals surface area contributed by atoms with Crippen molar-refractivity contribution in [1.29, 1.82) is 0 Å². The van der Waals surface area contributed by atoms with Crippen LogP contribution in [0.2, 0.25) is 0 Å². The van der Waals surface area contributed by atoms with E-state index in [1.54, 1.807) is 0 Å². The van der Waals surface area contributed by atoms with Gasteiger partial charge < -0.3 is 15.1 Å². The minimum Gasteiger partial charge on any atom is -0.353 e. The zero-order valence-corrected chi connectivity index (χ0v) is 16.5. The van der Waals surface area contributed by atoms with Gasteiger partial charge in [0.2, 0.25) is 0 Å². The number of carbonyl (C=O) groups excluding carboxylic acids is 1. The summed E-state index contributed by atoms with van der Waals surface area (Å²) in [6.45, 7) is 4.91. The Morgan fingerprint density at radius 2 is 1.88 bits per heavy atom. The van der Waals surface area contributed by atoms with Crippen molar-refractivity contribution in [3.05, 3.63) is 51.0 Å². The first kappa shape index (κ1) is 17.2. The SMILES string of the molecule is Cc1cccc(N2CCN(C(=O)Nc3ccc(Br)cc3Br)CC2)n1. The Balaban J connectivity index is 1.59. The molecule has 1 aromatic heterocycles. The van der Waals surface area contributed by atoms with E-state index in [4.69, 9.17) is 0 Å². The van der Waals surface area contributed by atoms with Crippen LogP contribution in [0.25, 0.3) is 0 Å². The van der Waals surface area contributed by atoms with Crippen LogP contribution in [0.3, 0.4) is 0 Å². The van der Waals surface area contributed by atoms with E-state index in [2.05, 4.69) is 47.1 Å². The molecule has 2 aromatic rings. The van der Waals surface area contributed by atoms with Gasteiger partial charge in [-0.1, -0.05) is 22.0 Å². The lowest BCUT2D eigenvalue weighted by molar-refractivity contribution is 0.208. The number of hydrogen-bond donors (Lipinski definition) is 1. The zero-order valence-electron chi connectivity index (χ0n) is 13.3. The highest BCUT2D eigenvalue weighted by atomic mass is 79.9. The van der Waals surface area contributed by atoms with E-state index in [1.807, 2.05) is 48.2 Å². The van der Waals surface area contributed by atoms with Gasteiger partial charge in [-0.15, -0.1) is 0 Å². The second-order valence-corrected chi connectivity index (χ2v) is 7.44. The standard InChI is InChI=1S/C17H18Br2N4O/c1-12-3-2-4-16(20-12)22-7-9-23(10-8-22)17(24)21-15-6-5-13(18)11-14(15)19/h2-6,11H,7-10H2,1H3,(H,21,24). The molecule has 2 amide bonds. The summed E-state index contributed by atoms with van der Waals surface area (Å²) in [5, 5.41) is 2.96. The number of carbonyl (C=O) groups is 1. The maximum atomic E-state index is 12.5. The number of aryl methyl sites for hydroxylation is 1. The summed E-state index contributed by atoms with van der Waals surface area (Å²) in [6.07, 6.45) is 0. The molecule has 1 aromatic carbocycles.